The van der Waals surface area contributed by atoms with E-state index in [2.05, 4.69) is 4.74 Å². The maximum Gasteiger partial charge on any atom is 0.348 e. The van der Waals surface area contributed by atoms with E-state index in [1.165, 1.54) is 12.1 Å². The second kappa shape index (κ2) is 4.22. The molecule has 0 amide bonds. The first kappa shape index (κ1) is 10.5. The van der Waals surface area contributed by atoms with E-state index in [4.69, 9.17) is 9.84 Å². The average Bonchev–Trinajstić information content (AvgIpc) is 2.27. The minimum atomic E-state index is -0.884. The number of carbonyl (C=O) groups excluding carboxylic acids is 2. The van der Waals surface area contributed by atoms with Crippen LogP contribution in [0.2, 0.25) is 0 Å². The highest BCUT2D eigenvalue weighted by atomic mass is 16.6. The second-order valence-electron chi connectivity index (χ2n) is 3.46. The molecule has 1 N–H and O–H groups in total. The van der Waals surface area contributed by atoms with Gasteiger partial charge in [-0.25, -0.2) is 9.59 Å². The van der Waals surface area contributed by atoms with E-state index in [0.717, 1.165) is 5.56 Å². The standard InChI is InChI=1S/C11H10O5/c12-8-3-1-7(2-4-8)5-9-11(14)15-6-10(13)16-9/h1-4,9,12H,5-6H2/t9-/m0/s1. The molecule has 16 heavy (non-hydrogen) atoms. The first-order valence-electron chi connectivity index (χ1n) is 4.79. The summed E-state index contributed by atoms with van der Waals surface area (Å²) in [6.07, 6.45) is -0.629. The fraction of sp³-hybridized carbons (Fsp3) is 0.273. The van der Waals surface area contributed by atoms with Crippen molar-refractivity contribution in [3.63, 3.8) is 0 Å². The van der Waals surface area contributed by atoms with Gasteiger partial charge in [-0.2, -0.15) is 0 Å². The van der Waals surface area contributed by atoms with Gasteiger partial charge in [0, 0.05) is 6.42 Å². The molecule has 5 nitrogen and oxygen atoms in total. The van der Waals surface area contributed by atoms with Crippen LogP contribution in [0.4, 0.5) is 0 Å². The van der Waals surface area contributed by atoms with Crippen molar-refractivity contribution in [2.75, 3.05) is 6.61 Å². The molecule has 0 radical (unpaired) electrons. The first-order chi connectivity index (χ1) is 7.65. The molecular formula is C11H10O5. The molecular weight excluding hydrogens is 212 g/mol. The number of carbonyl (C=O) groups is 2. The lowest BCUT2D eigenvalue weighted by molar-refractivity contribution is -0.184. The lowest BCUT2D eigenvalue weighted by Crippen LogP contribution is -2.38. The molecule has 1 fully saturated rings. The summed E-state index contributed by atoms with van der Waals surface area (Å²) in [7, 11) is 0. The summed E-state index contributed by atoms with van der Waals surface area (Å²) >= 11 is 0. The Hall–Kier alpha value is -2.04. The fourth-order valence-electron chi connectivity index (χ4n) is 1.43. The summed E-state index contributed by atoms with van der Waals surface area (Å²) < 4.78 is 9.49. The Kier molecular flexibility index (Phi) is 2.76. The van der Waals surface area contributed by atoms with E-state index < -0.39 is 18.0 Å². The van der Waals surface area contributed by atoms with Crippen LogP contribution in [0, 0.1) is 0 Å². The van der Waals surface area contributed by atoms with Gasteiger partial charge in [0.2, 0.25) is 6.10 Å². The monoisotopic (exact) mass is 222 g/mol. The van der Waals surface area contributed by atoms with Crippen LogP contribution in [-0.2, 0) is 25.5 Å². The lowest BCUT2D eigenvalue weighted by Gasteiger charge is -2.21. The van der Waals surface area contributed by atoms with Crippen LogP contribution in [0.3, 0.4) is 0 Å². The molecule has 0 spiro atoms. The number of rotatable bonds is 2. The van der Waals surface area contributed by atoms with Crippen molar-refractivity contribution in [1.29, 1.82) is 0 Å². The minimum Gasteiger partial charge on any atom is -0.508 e. The van der Waals surface area contributed by atoms with Crippen LogP contribution in [0.1, 0.15) is 5.56 Å². The number of esters is 2. The molecule has 0 aromatic heterocycles. The molecule has 1 aliphatic heterocycles. The third-order valence-corrected chi connectivity index (χ3v) is 2.23. The van der Waals surface area contributed by atoms with E-state index >= 15 is 0 Å². The molecule has 2 rings (SSSR count). The van der Waals surface area contributed by atoms with E-state index in [1.54, 1.807) is 12.1 Å². The summed E-state index contributed by atoms with van der Waals surface area (Å²) in [5.41, 5.74) is 0.787. The molecule has 1 aromatic carbocycles. The molecule has 0 aliphatic carbocycles. The van der Waals surface area contributed by atoms with Crippen molar-refractivity contribution in [3.05, 3.63) is 29.8 Å². The van der Waals surface area contributed by atoms with Gasteiger partial charge in [-0.3, -0.25) is 0 Å². The zero-order valence-electron chi connectivity index (χ0n) is 8.38. The maximum atomic E-state index is 11.3. The summed E-state index contributed by atoms with van der Waals surface area (Å²) in [4.78, 5) is 22.2. The van der Waals surface area contributed by atoms with Gasteiger partial charge in [-0.15, -0.1) is 0 Å². The van der Waals surface area contributed by atoms with Gasteiger partial charge in [-0.1, -0.05) is 12.1 Å². The van der Waals surface area contributed by atoms with Crippen LogP contribution < -0.4 is 0 Å². The van der Waals surface area contributed by atoms with Crippen molar-refractivity contribution in [3.8, 4) is 5.75 Å². The summed E-state index contributed by atoms with van der Waals surface area (Å²) in [5, 5.41) is 9.08. The number of aromatic hydroxyl groups is 1. The van der Waals surface area contributed by atoms with E-state index in [0.29, 0.717) is 0 Å². The van der Waals surface area contributed by atoms with Crippen LogP contribution in [0.25, 0.3) is 0 Å². The third-order valence-electron chi connectivity index (χ3n) is 2.23. The van der Waals surface area contributed by atoms with Crippen LogP contribution in [0.5, 0.6) is 5.75 Å². The van der Waals surface area contributed by atoms with Gasteiger partial charge < -0.3 is 14.6 Å². The normalized spacial score (nSPS) is 20.1. The van der Waals surface area contributed by atoms with Gasteiger partial charge in [0.05, 0.1) is 0 Å². The lowest BCUT2D eigenvalue weighted by atomic mass is 10.1. The van der Waals surface area contributed by atoms with Crippen molar-refractivity contribution in [1.82, 2.24) is 0 Å². The van der Waals surface area contributed by atoms with Crippen molar-refractivity contribution in [2.24, 2.45) is 0 Å². The molecule has 1 aliphatic rings. The highest BCUT2D eigenvalue weighted by molar-refractivity contribution is 5.85. The van der Waals surface area contributed by atoms with Crippen LogP contribution >= 0.6 is 0 Å². The Morgan fingerprint density at radius 2 is 1.94 bits per heavy atom. The summed E-state index contributed by atoms with van der Waals surface area (Å²) in [5.74, 6) is -0.928. The number of hydrogen-bond acceptors (Lipinski definition) is 5. The Morgan fingerprint density at radius 3 is 2.62 bits per heavy atom. The van der Waals surface area contributed by atoms with Crippen molar-refractivity contribution in [2.45, 2.75) is 12.5 Å². The number of cyclic esters (lactones) is 2. The second-order valence-corrected chi connectivity index (χ2v) is 3.46. The van der Waals surface area contributed by atoms with Gasteiger partial charge in [0.25, 0.3) is 0 Å². The maximum absolute atomic E-state index is 11.3. The topological polar surface area (TPSA) is 72.8 Å². The van der Waals surface area contributed by atoms with E-state index in [1.807, 2.05) is 0 Å². The molecule has 0 unspecified atom stereocenters. The largest absolute Gasteiger partial charge is 0.508 e. The van der Waals surface area contributed by atoms with Gasteiger partial charge in [0.15, 0.2) is 6.61 Å². The molecule has 5 heteroatoms. The van der Waals surface area contributed by atoms with Gasteiger partial charge >= 0.3 is 11.9 Å². The Morgan fingerprint density at radius 1 is 1.25 bits per heavy atom. The van der Waals surface area contributed by atoms with Gasteiger partial charge in [-0.05, 0) is 17.7 Å². The highest BCUT2D eigenvalue weighted by Gasteiger charge is 2.30. The Bertz CT molecular complexity index is 409. The molecule has 1 aromatic rings. The molecule has 1 atom stereocenters. The van der Waals surface area contributed by atoms with Crippen LogP contribution in [-0.4, -0.2) is 29.8 Å². The zero-order chi connectivity index (χ0) is 11.5. The van der Waals surface area contributed by atoms with Crippen molar-refractivity contribution >= 4 is 11.9 Å². The molecule has 1 heterocycles. The Labute approximate surface area is 91.6 Å². The molecule has 84 valence electrons. The summed E-state index contributed by atoms with van der Waals surface area (Å²) in [6.45, 7) is -0.315. The molecule has 0 bridgehead atoms. The number of hydrogen-bond donors (Lipinski definition) is 1. The SMILES string of the molecule is O=C1COC(=O)[C@H](Cc2ccc(O)cc2)O1. The van der Waals surface area contributed by atoms with Crippen LogP contribution in [0.15, 0.2) is 24.3 Å². The molecule has 0 saturated carbocycles. The fourth-order valence-corrected chi connectivity index (χ4v) is 1.43. The number of ether oxygens (including phenoxy) is 2. The quantitative estimate of drug-likeness (QED) is 0.733. The first-order valence-corrected chi connectivity index (χ1v) is 4.79. The third kappa shape index (κ3) is 2.31. The zero-order valence-corrected chi connectivity index (χ0v) is 8.38. The summed E-state index contributed by atoms with van der Waals surface area (Å²) in [6, 6.07) is 6.33. The average molecular weight is 222 g/mol. The van der Waals surface area contributed by atoms with Gasteiger partial charge in [0.1, 0.15) is 5.75 Å². The highest BCUT2D eigenvalue weighted by Crippen LogP contribution is 2.14. The van der Waals surface area contributed by atoms with Crippen molar-refractivity contribution < 1.29 is 24.2 Å². The van der Waals surface area contributed by atoms with E-state index in [9.17, 15) is 9.59 Å². The molecule has 1 saturated heterocycles. The predicted octanol–water partition coefficient (Wildman–Crippen LogP) is 0.403. The number of benzene rings is 1. The number of phenolic OH excluding ortho intramolecular Hbond substituents is 1. The smallest absolute Gasteiger partial charge is 0.348 e. The number of phenols is 1. The van der Waals surface area contributed by atoms with E-state index in [-0.39, 0.29) is 18.8 Å². The Balaban J connectivity index is 2.05. The minimum absolute atomic E-state index is 0.145. The predicted molar refractivity (Wildman–Crippen MR) is 52.6 cm³/mol.